The van der Waals surface area contributed by atoms with Crippen LogP contribution >= 0.6 is 0 Å². The Kier molecular flexibility index (Phi) is 10.5. The number of benzene rings is 2. The van der Waals surface area contributed by atoms with Gasteiger partial charge in [-0.2, -0.15) is 0 Å². The van der Waals surface area contributed by atoms with E-state index in [9.17, 15) is 0 Å². The Morgan fingerprint density at radius 3 is 2.17 bits per heavy atom. The second-order valence-electron chi connectivity index (χ2n) is 8.85. The molecule has 1 atom stereocenters. The number of hydrogen-bond donors (Lipinski definition) is 1. The Balaban J connectivity index is 1.95. The fourth-order valence-electron chi connectivity index (χ4n) is 4.29. The van der Waals surface area contributed by atoms with E-state index >= 15 is 0 Å². The van der Waals surface area contributed by atoms with Gasteiger partial charge in [0.1, 0.15) is 0 Å². The standard InChI is InChI=1S/C27H42N2/c1-5-6-20-28-23-27(24(2)3,26-16-11-8-12-17-26)19-13-21-29(4)22-18-25-14-9-7-10-15-25/h7-12,14-17,24,28H,5-6,13,18-23H2,1-4H3. The molecule has 0 amide bonds. The van der Waals surface area contributed by atoms with Gasteiger partial charge in [-0.05, 0) is 62.9 Å². The highest BCUT2D eigenvalue weighted by Gasteiger charge is 2.34. The van der Waals surface area contributed by atoms with E-state index in [-0.39, 0.29) is 5.41 Å². The smallest absolute Gasteiger partial charge is 0.0101 e. The predicted octanol–water partition coefficient (Wildman–Crippen LogP) is 5.92. The van der Waals surface area contributed by atoms with Crippen LogP contribution in [0.2, 0.25) is 0 Å². The minimum atomic E-state index is 0.204. The molecule has 0 heterocycles. The van der Waals surface area contributed by atoms with Crippen molar-refractivity contribution in [2.75, 3.05) is 33.2 Å². The number of rotatable bonds is 14. The van der Waals surface area contributed by atoms with E-state index in [4.69, 9.17) is 0 Å². The molecular weight excluding hydrogens is 352 g/mol. The maximum Gasteiger partial charge on any atom is 0.0101 e. The van der Waals surface area contributed by atoms with Crippen LogP contribution < -0.4 is 5.32 Å². The van der Waals surface area contributed by atoms with E-state index in [2.05, 4.69) is 98.7 Å². The first-order valence-electron chi connectivity index (χ1n) is 11.6. The summed E-state index contributed by atoms with van der Waals surface area (Å²) in [6.45, 7) is 11.5. The Bertz CT molecular complexity index is 653. The second-order valence-corrected chi connectivity index (χ2v) is 8.85. The second kappa shape index (κ2) is 12.8. The van der Waals surface area contributed by atoms with E-state index in [0.717, 1.165) is 32.6 Å². The normalized spacial score (nSPS) is 13.7. The molecular formula is C27H42N2. The maximum atomic E-state index is 3.78. The first-order valence-corrected chi connectivity index (χ1v) is 11.6. The van der Waals surface area contributed by atoms with Crippen molar-refractivity contribution < 1.29 is 0 Å². The predicted molar refractivity (Wildman–Crippen MR) is 128 cm³/mol. The molecule has 0 bridgehead atoms. The van der Waals surface area contributed by atoms with Gasteiger partial charge in [-0.15, -0.1) is 0 Å². The lowest BCUT2D eigenvalue weighted by molar-refractivity contribution is 0.242. The average Bonchev–Trinajstić information content (AvgIpc) is 2.75. The number of likely N-dealkylation sites (N-methyl/N-ethyl adjacent to an activating group) is 1. The van der Waals surface area contributed by atoms with Gasteiger partial charge in [0.15, 0.2) is 0 Å². The van der Waals surface area contributed by atoms with Gasteiger partial charge >= 0.3 is 0 Å². The van der Waals surface area contributed by atoms with E-state index in [1.165, 1.54) is 36.8 Å². The molecule has 0 fully saturated rings. The molecule has 1 unspecified atom stereocenters. The lowest BCUT2D eigenvalue weighted by Crippen LogP contribution is -2.43. The molecule has 2 nitrogen and oxygen atoms in total. The van der Waals surface area contributed by atoms with Crippen LogP contribution in [0, 0.1) is 5.92 Å². The third-order valence-corrected chi connectivity index (χ3v) is 6.39. The summed E-state index contributed by atoms with van der Waals surface area (Å²) in [4.78, 5) is 2.49. The number of nitrogens with zero attached hydrogens (tertiary/aromatic N) is 1. The lowest BCUT2D eigenvalue weighted by atomic mass is 9.68. The van der Waals surface area contributed by atoms with Crippen LogP contribution in [0.4, 0.5) is 0 Å². The van der Waals surface area contributed by atoms with Crippen molar-refractivity contribution in [3.8, 4) is 0 Å². The molecule has 2 rings (SSSR count). The van der Waals surface area contributed by atoms with Crippen LogP contribution in [-0.2, 0) is 11.8 Å². The summed E-state index contributed by atoms with van der Waals surface area (Å²) in [6, 6.07) is 22.0. The Labute approximate surface area is 179 Å². The largest absolute Gasteiger partial charge is 0.316 e. The van der Waals surface area contributed by atoms with Crippen LogP contribution in [0.3, 0.4) is 0 Å². The van der Waals surface area contributed by atoms with E-state index in [1.54, 1.807) is 0 Å². The maximum absolute atomic E-state index is 3.78. The molecule has 29 heavy (non-hydrogen) atoms. The molecule has 2 aromatic carbocycles. The van der Waals surface area contributed by atoms with Crippen molar-refractivity contribution in [2.45, 2.75) is 58.3 Å². The van der Waals surface area contributed by atoms with Crippen molar-refractivity contribution in [2.24, 2.45) is 5.92 Å². The molecule has 0 aliphatic rings. The van der Waals surface area contributed by atoms with Crippen molar-refractivity contribution >= 4 is 0 Å². The molecule has 0 aliphatic carbocycles. The summed E-state index contributed by atoms with van der Waals surface area (Å²) in [5, 5.41) is 3.78. The van der Waals surface area contributed by atoms with Crippen LogP contribution in [0.1, 0.15) is 57.6 Å². The summed E-state index contributed by atoms with van der Waals surface area (Å²) < 4.78 is 0. The first-order chi connectivity index (χ1) is 14.1. The van der Waals surface area contributed by atoms with E-state index < -0.39 is 0 Å². The summed E-state index contributed by atoms with van der Waals surface area (Å²) in [6.07, 6.45) is 6.09. The summed E-state index contributed by atoms with van der Waals surface area (Å²) in [5.41, 5.74) is 3.13. The minimum absolute atomic E-state index is 0.204. The van der Waals surface area contributed by atoms with Crippen LogP contribution in [0.25, 0.3) is 0 Å². The van der Waals surface area contributed by atoms with Gasteiger partial charge in [0.2, 0.25) is 0 Å². The van der Waals surface area contributed by atoms with Gasteiger partial charge in [0.05, 0.1) is 0 Å². The highest BCUT2D eigenvalue weighted by molar-refractivity contribution is 5.27. The Morgan fingerprint density at radius 2 is 1.55 bits per heavy atom. The van der Waals surface area contributed by atoms with Gasteiger partial charge in [-0.3, -0.25) is 0 Å². The van der Waals surface area contributed by atoms with Crippen LogP contribution in [-0.4, -0.2) is 38.1 Å². The summed E-state index contributed by atoms with van der Waals surface area (Å²) >= 11 is 0. The highest BCUT2D eigenvalue weighted by Crippen LogP contribution is 2.36. The van der Waals surface area contributed by atoms with Crippen molar-refractivity contribution in [3.63, 3.8) is 0 Å². The van der Waals surface area contributed by atoms with Crippen molar-refractivity contribution in [1.29, 1.82) is 0 Å². The SMILES string of the molecule is CCCCNCC(CCCN(C)CCc1ccccc1)(c1ccccc1)C(C)C. The number of hydrogen-bond acceptors (Lipinski definition) is 2. The molecule has 0 aliphatic heterocycles. The average molecular weight is 395 g/mol. The molecule has 0 saturated heterocycles. The van der Waals surface area contributed by atoms with Crippen molar-refractivity contribution in [1.82, 2.24) is 10.2 Å². The minimum Gasteiger partial charge on any atom is -0.316 e. The monoisotopic (exact) mass is 394 g/mol. The lowest BCUT2D eigenvalue weighted by Gasteiger charge is -2.39. The molecule has 160 valence electrons. The van der Waals surface area contributed by atoms with Gasteiger partial charge < -0.3 is 10.2 Å². The van der Waals surface area contributed by atoms with Crippen molar-refractivity contribution in [3.05, 3.63) is 71.8 Å². The topological polar surface area (TPSA) is 15.3 Å². The van der Waals surface area contributed by atoms with Gasteiger partial charge in [0, 0.05) is 18.5 Å². The number of nitrogens with one attached hydrogen (secondary N) is 1. The Hall–Kier alpha value is -1.64. The van der Waals surface area contributed by atoms with Crippen LogP contribution in [0.5, 0.6) is 0 Å². The van der Waals surface area contributed by atoms with Gasteiger partial charge in [-0.25, -0.2) is 0 Å². The molecule has 2 heteroatoms. The zero-order chi connectivity index (χ0) is 21.0. The van der Waals surface area contributed by atoms with Gasteiger partial charge in [-0.1, -0.05) is 87.9 Å². The summed E-state index contributed by atoms with van der Waals surface area (Å²) in [7, 11) is 2.27. The molecule has 0 aromatic heterocycles. The zero-order valence-electron chi connectivity index (χ0n) is 19.2. The third kappa shape index (κ3) is 7.60. The summed E-state index contributed by atoms with van der Waals surface area (Å²) in [5.74, 6) is 0.605. The zero-order valence-corrected chi connectivity index (χ0v) is 19.2. The molecule has 0 radical (unpaired) electrons. The number of unbranched alkanes of at least 4 members (excludes halogenated alkanes) is 1. The fourth-order valence-corrected chi connectivity index (χ4v) is 4.29. The highest BCUT2D eigenvalue weighted by atomic mass is 15.1. The quantitative estimate of drug-likeness (QED) is 0.400. The molecule has 0 spiro atoms. The van der Waals surface area contributed by atoms with Gasteiger partial charge in [0.25, 0.3) is 0 Å². The molecule has 1 N–H and O–H groups in total. The van der Waals surface area contributed by atoms with E-state index in [0.29, 0.717) is 5.92 Å². The first kappa shape index (κ1) is 23.6. The van der Waals surface area contributed by atoms with E-state index in [1.807, 2.05) is 0 Å². The molecule has 2 aromatic rings. The van der Waals surface area contributed by atoms with Crippen LogP contribution in [0.15, 0.2) is 60.7 Å². The fraction of sp³-hybridized carbons (Fsp3) is 0.556. The third-order valence-electron chi connectivity index (χ3n) is 6.39. The molecule has 0 saturated carbocycles. The Morgan fingerprint density at radius 1 is 0.897 bits per heavy atom.